The van der Waals surface area contributed by atoms with Crippen molar-refractivity contribution in [3.05, 3.63) is 106 Å². The van der Waals surface area contributed by atoms with E-state index >= 15 is 0 Å². The zero-order chi connectivity index (χ0) is 26.9. The minimum absolute atomic E-state index is 0.0795. The van der Waals surface area contributed by atoms with Crippen LogP contribution in [-0.2, 0) is 11.2 Å². The van der Waals surface area contributed by atoms with E-state index in [1.54, 1.807) is 17.2 Å². The van der Waals surface area contributed by atoms with Crippen molar-refractivity contribution in [2.24, 2.45) is 0 Å². The third-order valence-corrected chi connectivity index (χ3v) is 7.65. The van der Waals surface area contributed by atoms with Crippen LogP contribution >= 0.6 is 15.9 Å². The number of pyridine rings is 2. The van der Waals surface area contributed by atoms with E-state index in [1.165, 1.54) is 28.4 Å². The minimum atomic E-state index is -0.410. The summed E-state index contributed by atoms with van der Waals surface area (Å²) in [5.41, 5.74) is 4.66. The molecule has 1 aliphatic rings. The topological polar surface area (TPSA) is 79.6 Å². The lowest BCUT2D eigenvalue weighted by Crippen LogP contribution is -2.38. The molecule has 1 fully saturated rings. The van der Waals surface area contributed by atoms with Gasteiger partial charge < -0.3 is 10.2 Å². The van der Waals surface area contributed by atoms with E-state index in [2.05, 4.69) is 31.2 Å². The molecule has 0 bridgehead atoms. The molecule has 9 heteroatoms. The van der Waals surface area contributed by atoms with Crippen LogP contribution in [0, 0.1) is 5.82 Å². The Hall–Kier alpha value is -4.11. The molecule has 39 heavy (non-hydrogen) atoms. The zero-order valence-electron chi connectivity index (χ0n) is 21.0. The minimum Gasteiger partial charge on any atom is -0.337 e. The van der Waals surface area contributed by atoms with Crippen LogP contribution in [-0.4, -0.2) is 44.2 Å². The summed E-state index contributed by atoms with van der Waals surface area (Å²) in [4.78, 5) is 36.2. The Morgan fingerprint density at radius 1 is 0.974 bits per heavy atom. The number of piperidine rings is 1. The molecule has 0 unspecified atom stereocenters. The van der Waals surface area contributed by atoms with Gasteiger partial charge in [0.1, 0.15) is 17.2 Å². The Bertz CT molecular complexity index is 1690. The first kappa shape index (κ1) is 25.2. The predicted octanol–water partition coefficient (Wildman–Crippen LogP) is 5.99. The summed E-state index contributed by atoms with van der Waals surface area (Å²) in [6.45, 7) is 1.23. The molecule has 5 aromatic rings. The van der Waals surface area contributed by atoms with Gasteiger partial charge in [0.15, 0.2) is 0 Å². The molecule has 6 rings (SSSR count). The second-order valence-corrected chi connectivity index (χ2v) is 10.7. The lowest BCUT2D eigenvalue weighted by Gasteiger charge is -2.32. The molecule has 4 heterocycles. The van der Waals surface area contributed by atoms with Crippen molar-refractivity contribution in [3.8, 4) is 0 Å². The monoisotopic (exact) mass is 585 g/mol. The Morgan fingerprint density at radius 3 is 2.56 bits per heavy atom. The normalized spacial score (nSPS) is 14.2. The van der Waals surface area contributed by atoms with Crippen LogP contribution < -0.4 is 5.32 Å². The fraction of sp³-hybridized carbons (Fsp3) is 0.200. The van der Waals surface area contributed by atoms with Crippen LogP contribution in [0.4, 0.5) is 10.1 Å². The molecule has 1 saturated heterocycles. The highest BCUT2D eigenvalue weighted by Crippen LogP contribution is 2.30. The maximum atomic E-state index is 13.7. The quantitative estimate of drug-likeness (QED) is 0.275. The summed E-state index contributed by atoms with van der Waals surface area (Å²) >= 11 is 3.44. The Kier molecular flexibility index (Phi) is 6.83. The van der Waals surface area contributed by atoms with Gasteiger partial charge in [0.2, 0.25) is 5.91 Å². The van der Waals surface area contributed by atoms with Gasteiger partial charge in [-0.3, -0.25) is 19.0 Å². The van der Waals surface area contributed by atoms with Crippen LogP contribution in [0.3, 0.4) is 0 Å². The van der Waals surface area contributed by atoms with E-state index in [0.29, 0.717) is 30.3 Å². The molecule has 3 aromatic heterocycles. The van der Waals surface area contributed by atoms with Crippen molar-refractivity contribution < 1.29 is 14.0 Å². The summed E-state index contributed by atoms with van der Waals surface area (Å²) in [5, 5.41) is 3.97. The number of benzene rings is 2. The molecular formula is C30H25BrFN5O2. The third kappa shape index (κ3) is 5.40. The third-order valence-electron chi connectivity index (χ3n) is 7.21. The number of nitrogens with zero attached hydrogens (tertiary/aromatic N) is 4. The number of likely N-dealkylation sites (tertiary alicyclic amines) is 1. The number of hydrogen-bond donors (Lipinski definition) is 1. The van der Waals surface area contributed by atoms with Crippen molar-refractivity contribution in [3.63, 3.8) is 0 Å². The molecule has 0 aliphatic carbocycles. The Balaban J connectivity index is 1.04. The van der Waals surface area contributed by atoms with E-state index in [9.17, 15) is 14.0 Å². The molecular weight excluding hydrogens is 561 g/mol. The Labute approximate surface area is 232 Å². The smallest absolute Gasteiger partial charge is 0.272 e. The highest BCUT2D eigenvalue weighted by Gasteiger charge is 2.26. The molecule has 0 atom stereocenters. The van der Waals surface area contributed by atoms with Crippen LogP contribution in [0.1, 0.15) is 40.4 Å². The highest BCUT2D eigenvalue weighted by molar-refractivity contribution is 9.10. The van der Waals surface area contributed by atoms with Gasteiger partial charge in [0.25, 0.3) is 5.91 Å². The van der Waals surface area contributed by atoms with E-state index in [0.717, 1.165) is 39.5 Å². The molecule has 2 aromatic carbocycles. The van der Waals surface area contributed by atoms with E-state index in [-0.39, 0.29) is 18.2 Å². The number of nitrogens with one attached hydrogen (secondary N) is 1. The van der Waals surface area contributed by atoms with E-state index in [4.69, 9.17) is 0 Å². The molecule has 2 amide bonds. The second-order valence-electron chi connectivity index (χ2n) is 9.81. The zero-order valence-corrected chi connectivity index (χ0v) is 22.6. The summed E-state index contributed by atoms with van der Waals surface area (Å²) in [6, 6.07) is 18.7. The SMILES string of the molecule is O=C(Cc1ccc2ncc(Br)cc2c1)Nc1ccc(C2CCN(C(=O)c3cnc4ccc(F)cn34)CC2)cc1. The lowest BCUT2D eigenvalue weighted by atomic mass is 9.89. The summed E-state index contributed by atoms with van der Waals surface area (Å²) in [6.07, 6.45) is 6.49. The summed E-state index contributed by atoms with van der Waals surface area (Å²) in [5.74, 6) is -0.305. The predicted molar refractivity (Wildman–Crippen MR) is 151 cm³/mol. The standard InChI is InChI=1S/C30H25BrFN5O2/c31-23-15-22-13-19(1-7-26(22)33-16-23)14-29(38)35-25-5-2-20(3-6-25)21-9-11-36(12-10-21)30(39)27-17-34-28-8-4-24(32)18-37(27)28/h1-8,13,15-18,21H,9-12,14H2,(H,35,38). The Morgan fingerprint density at radius 2 is 1.77 bits per heavy atom. The van der Waals surface area contributed by atoms with Gasteiger partial charge in [0, 0.05) is 41.0 Å². The molecule has 196 valence electrons. The number of anilines is 1. The number of halogens is 2. The number of carbonyl (C=O) groups is 2. The van der Waals surface area contributed by atoms with Gasteiger partial charge in [-0.1, -0.05) is 18.2 Å². The molecule has 0 spiro atoms. The maximum absolute atomic E-state index is 13.7. The average molecular weight is 586 g/mol. The van der Waals surface area contributed by atoms with Gasteiger partial charge in [-0.05, 0) is 88.3 Å². The van der Waals surface area contributed by atoms with Gasteiger partial charge in [-0.2, -0.15) is 0 Å². The van der Waals surface area contributed by atoms with Crippen LogP contribution in [0.2, 0.25) is 0 Å². The number of imidazole rings is 1. The molecule has 0 radical (unpaired) electrons. The van der Waals surface area contributed by atoms with Gasteiger partial charge in [-0.15, -0.1) is 0 Å². The number of amides is 2. The maximum Gasteiger partial charge on any atom is 0.272 e. The van der Waals surface area contributed by atoms with Crippen LogP contribution in [0.25, 0.3) is 16.6 Å². The first-order valence-corrected chi connectivity index (χ1v) is 13.6. The lowest BCUT2D eigenvalue weighted by molar-refractivity contribution is -0.115. The molecule has 7 nitrogen and oxygen atoms in total. The first-order chi connectivity index (χ1) is 18.9. The van der Waals surface area contributed by atoms with Crippen LogP contribution in [0.15, 0.2) is 83.7 Å². The number of hydrogen-bond acceptors (Lipinski definition) is 4. The van der Waals surface area contributed by atoms with Crippen molar-refractivity contribution in [1.82, 2.24) is 19.3 Å². The van der Waals surface area contributed by atoms with Crippen molar-refractivity contribution in [1.29, 1.82) is 0 Å². The van der Waals surface area contributed by atoms with Gasteiger partial charge in [0.05, 0.1) is 18.1 Å². The van der Waals surface area contributed by atoms with Gasteiger partial charge >= 0.3 is 0 Å². The average Bonchev–Trinajstić information content (AvgIpc) is 3.36. The number of aromatic nitrogens is 3. The van der Waals surface area contributed by atoms with Gasteiger partial charge in [-0.25, -0.2) is 9.37 Å². The first-order valence-electron chi connectivity index (χ1n) is 12.8. The van der Waals surface area contributed by atoms with Crippen LogP contribution in [0.5, 0.6) is 0 Å². The molecule has 1 aliphatic heterocycles. The fourth-order valence-corrected chi connectivity index (χ4v) is 5.53. The second kappa shape index (κ2) is 10.6. The van der Waals surface area contributed by atoms with Crippen molar-refractivity contribution in [2.75, 3.05) is 18.4 Å². The summed E-state index contributed by atoms with van der Waals surface area (Å²) in [7, 11) is 0. The number of carbonyl (C=O) groups excluding carboxylic acids is 2. The van der Waals surface area contributed by atoms with Crippen molar-refractivity contribution in [2.45, 2.75) is 25.2 Å². The van der Waals surface area contributed by atoms with E-state index in [1.807, 2.05) is 48.5 Å². The van der Waals surface area contributed by atoms with E-state index < -0.39 is 5.82 Å². The largest absolute Gasteiger partial charge is 0.337 e. The highest BCUT2D eigenvalue weighted by atomic mass is 79.9. The van der Waals surface area contributed by atoms with Crippen molar-refractivity contribution >= 4 is 50.0 Å². The molecule has 1 N–H and O–H groups in total. The number of fused-ring (bicyclic) bond motifs is 2. The number of rotatable bonds is 5. The summed E-state index contributed by atoms with van der Waals surface area (Å²) < 4.78 is 16.1. The molecule has 0 saturated carbocycles. The fourth-order valence-electron chi connectivity index (χ4n) is 5.18.